The lowest BCUT2D eigenvalue weighted by Crippen LogP contribution is -2.45. The van der Waals surface area contributed by atoms with E-state index in [2.05, 4.69) is 32.0 Å². The first kappa shape index (κ1) is 23.6. The standard InChI is InChI=1S/C25H28ClN7O2S/c1-30-10-12-32(13-11-30)25-28-15-17-21(34)20(23(35)27-6-9-31-7-2-3-8-31)24-33(22(17)29-25)18-5-4-16(26)14-19(18)36-24/h4-5,14-15H,2-3,6-13H2,1H3,(H,27,35). The van der Waals surface area contributed by atoms with E-state index in [0.29, 0.717) is 33.4 Å². The minimum absolute atomic E-state index is 0.136. The first-order valence-electron chi connectivity index (χ1n) is 12.4. The molecule has 0 atom stereocenters. The van der Waals surface area contributed by atoms with E-state index in [1.54, 1.807) is 6.20 Å². The molecular weight excluding hydrogens is 498 g/mol. The molecule has 0 bridgehead atoms. The van der Waals surface area contributed by atoms with Gasteiger partial charge in [0.05, 0.1) is 15.6 Å². The predicted octanol–water partition coefficient (Wildman–Crippen LogP) is 2.69. The number of carbonyl (C=O) groups excluding carboxylic acids is 1. The van der Waals surface area contributed by atoms with Crippen molar-refractivity contribution in [1.29, 1.82) is 0 Å². The van der Waals surface area contributed by atoms with E-state index in [1.807, 2.05) is 22.6 Å². The minimum Gasteiger partial charge on any atom is -0.351 e. The molecule has 9 nitrogen and oxygen atoms in total. The predicted molar refractivity (Wildman–Crippen MR) is 145 cm³/mol. The Bertz CT molecular complexity index is 1520. The highest BCUT2D eigenvalue weighted by molar-refractivity contribution is 7.24. The number of fused-ring (bicyclic) bond motifs is 5. The number of aromatic nitrogens is 3. The van der Waals surface area contributed by atoms with E-state index in [-0.39, 0.29) is 16.9 Å². The smallest absolute Gasteiger partial charge is 0.258 e. The molecule has 0 spiro atoms. The maximum Gasteiger partial charge on any atom is 0.258 e. The maximum atomic E-state index is 13.7. The van der Waals surface area contributed by atoms with E-state index in [0.717, 1.165) is 56.0 Å². The van der Waals surface area contributed by atoms with E-state index >= 15 is 0 Å². The summed E-state index contributed by atoms with van der Waals surface area (Å²) in [5.41, 5.74) is 1.17. The summed E-state index contributed by atoms with van der Waals surface area (Å²) in [5.74, 6) is 0.235. The van der Waals surface area contributed by atoms with E-state index in [9.17, 15) is 9.59 Å². The number of amides is 1. The molecule has 0 saturated carbocycles. The number of benzene rings is 1. The number of nitrogens with zero attached hydrogens (tertiary/aromatic N) is 6. The molecule has 0 radical (unpaired) electrons. The Hall–Kier alpha value is -2.79. The van der Waals surface area contributed by atoms with Crippen LogP contribution in [0.15, 0.2) is 29.2 Å². The van der Waals surface area contributed by atoms with Crippen LogP contribution in [0.1, 0.15) is 23.2 Å². The molecule has 6 rings (SSSR count). The first-order valence-corrected chi connectivity index (χ1v) is 13.6. The average Bonchev–Trinajstić information content (AvgIpc) is 3.52. The number of likely N-dealkylation sites (tertiary alicyclic amines) is 1. The number of thiazole rings is 1. The third-order valence-electron chi connectivity index (χ3n) is 7.15. The van der Waals surface area contributed by atoms with E-state index in [1.165, 1.54) is 24.2 Å². The molecule has 2 aliphatic heterocycles. The van der Waals surface area contributed by atoms with Gasteiger partial charge in [-0.25, -0.2) is 4.98 Å². The van der Waals surface area contributed by atoms with Crippen LogP contribution in [0.4, 0.5) is 5.95 Å². The second kappa shape index (κ2) is 9.59. The Balaban J connectivity index is 1.47. The highest BCUT2D eigenvalue weighted by Crippen LogP contribution is 2.32. The Labute approximate surface area is 217 Å². The Morgan fingerprint density at radius 1 is 1.14 bits per heavy atom. The molecule has 36 heavy (non-hydrogen) atoms. The zero-order chi connectivity index (χ0) is 24.8. The number of anilines is 1. The van der Waals surface area contributed by atoms with Crippen LogP contribution in [-0.2, 0) is 0 Å². The molecule has 2 fully saturated rings. The number of piperazine rings is 1. The number of hydrogen-bond donors (Lipinski definition) is 1. The Morgan fingerprint density at radius 3 is 2.69 bits per heavy atom. The number of pyridine rings is 1. The van der Waals surface area contributed by atoms with Crippen molar-refractivity contribution in [2.75, 3.05) is 64.3 Å². The topological polar surface area (TPSA) is 86.1 Å². The molecule has 0 unspecified atom stereocenters. The SMILES string of the molecule is CN1CCN(c2ncc3c(=O)c(C(=O)NCCN4CCCC4)c4sc5cc(Cl)ccc5n4c3n2)CC1. The van der Waals surface area contributed by atoms with Gasteiger partial charge in [0.25, 0.3) is 5.91 Å². The monoisotopic (exact) mass is 525 g/mol. The summed E-state index contributed by atoms with van der Waals surface area (Å²) >= 11 is 7.67. The van der Waals surface area contributed by atoms with Crippen molar-refractivity contribution in [1.82, 2.24) is 29.5 Å². The van der Waals surface area contributed by atoms with Gasteiger partial charge in [-0.05, 0) is 51.2 Å². The molecule has 1 amide bonds. The second-order valence-electron chi connectivity index (χ2n) is 9.56. The van der Waals surface area contributed by atoms with Gasteiger partial charge in [0, 0.05) is 50.5 Å². The van der Waals surface area contributed by atoms with E-state index < -0.39 is 0 Å². The van der Waals surface area contributed by atoms with Gasteiger partial charge in [-0.15, -0.1) is 11.3 Å². The third kappa shape index (κ3) is 4.21. The van der Waals surface area contributed by atoms with Crippen molar-refractivity contribution < 1.29 is 4.79 Å². The van der Waals surface area contributed by atoms with Crippen LogP contribution in [0.5, 0.6) is 0 Å². The molecule has 188 valence electrons. The summed E-state index contributed by atoms with van der Waals surface area (Å²) in [6, 6.07) is 5.60. The summed E-state index contributed by atoms with van der Waals surface area (Å²) in [6.07, 6.45) is 3.97. The van der Waals surface area contributed by atoms with Gasteiger partial charge in [0.2, 0.25) is 11.4 Å². The molecule has 2 aliphatic rings. The van der Waals surface area contributed by atoms with Crippen molar-refractivity contribution in [2.45, 2.75) is 12.8 Å². The number of likely N-dealkylation sites (N-methyl/N-ethyl adjacent to an activating group) is 1. The van der Waals surface area contributed by atoms with Gasteiger partial charge in [-0.1, -0.05) is 11.6 Å². The van der Waals surface area contributed by atoms with Crippen molar-refractivity contribution in [2.24, 2.45) is 0 Å². The number of nitrogens with one attached hydrogen (secondary N) is 1. The summed E-state index contributed by atoms with van der Waals surface area (Å²) in [7, 11) is 2.10. The van der Waals surface area contributed by atoms with Crippen LogP contribution in [-0.4, -0.2) is 89.5 Å². The van der Waals surface area contributed by atoms with Gasteiger partial charge in [0.15, 0.2) is 5.65 Å². The minimum atomic E-state index is -0.362. The van der Waals surface area contributed by atoms with Gasteiger partial charge < -0.3 is 20.0 Å². The van der Waals surface area contributed by atoms with Crippen molar-refractivity contribution in [3.8, 4) is 0 Å². The first-order chi connectivity index (χ1) is 17.5. The normalized spacial score (nSPS) is 17.6. The van der Waals surface area contributed by atoms with Crippen LogP contribution in [0.3, 0.4) is 0 Å². The van der Waals surface area contributed by atoms with Gasteiger partial charge in [-0.3, -0.25) is 14.0 Å². The number of carbonyl (C=O) groups is 1. The summed E-state index contributed by atoms with van der Waals surface area (Å²) in [4.78, 5) is 43.8. The highest BCUT2D eigenvalue weighted by Gasteiger charge is 2.25. The average molecular weight is 526 g/mol. The van der Waals surface area contributed by atoms with Gasteiger partial charge in [-0.2, -0.15) is 4.98 Å². The molecule has 1 aromatic carbocycles. The lowest BCUT2D eigenvalue weighted by molar-refractivity contribution is 0.0950. The Morgan fingerprint density at radius 2 is 1.92 bits per heavy atom. The molecule has 1 N–H and O–H groups in total. The van der Waals surface area contributed by atoms with Crippen LogP contribution in [0.2, 0.25) is 5.02 Å². The largest absolute Gasteiger partial charge is 0.351 e. The molecule has 11 heteroatoms. The lowest BCUT2D eigenvalue weighted by atomic mass is 10.2. The summed E-state index contributed by atoms with van der Waals surface area (Å²) in [6.45, 7) is 6.88. The molecule has 4 aromatic rings. The highest BCUT2D eigenvalue weighted by atomic mass is 35.5. The van der Waals surface area contributed by atoms with Gasteiger partial charge in [0.1, 0.15) is 10.4 Å². The third-order valence-corrected chi connectivity index (χ3v) is 8.51. The number of hydrogen-bond acceptors (Lipinski definition) is 8. The molecule has 3 aromatic heterocycles. The molecule has 2 saturated heterocycles. The number of halogens is 1. The molecular formula is C25H28ClN7O2S. The second-order valence-corrected chi connectivity index (χ2v) is 11.0. The van der Waals surface area contributed by atoms with Crippen LogP contribution >= 0.6 is 22.9 Å². The fraction of sp³-hybridized carbons (Fsp3) is 0.440. The quantitative estimate of drug-likeness (QED) is 0.429. The summed E-state index contributed by atoms with van der Waals surface area (Å²) in [5, 5.41) is 3.92. The molecule has 0 aliphatic carbocycles. The fourth-order valence-corrected chi connectivity index (χ4v) is 6.55. The van der Waals surface area contributed by atoms with Crippen molar-refractivity contribution in [3.05, 3.63) is 45.2 Å². The zero-order valence-electron chi connectivity index (χ0n) is 20.2. The lowest BCUT2D eigenvalue weighted by Gasteiger charge is -2.32. The summed E-state index contributed by atoms with van der Waals surface area (Å²) < 4.78 is 2.81. The van der Waals surface area contributed by atoms with Crippen LogP contribution in [0.25, 0.3) is 26.1 Å². The fourth-order valence-electron chi connectivity index (χ4n) is 5.09. The maximum absolute atomic E-state index is 13.7. The van der Waals surface area contributed by atoms with Crippen LogP contribution < -0.4 is 15.6 Å². The van der Waals surface area contributed by atoms with Gasteiger partial charge >= 0.3 is 0 Å². The van der Waals surface area contributed by atoms with Crippen molar-refractivity contribution in [3.63, 3.8) is 0 Å². The van der Waals surface area contributed by atoms with E-state index in [4.69, 9.17) is 16.6 Å². The zero-order valence-corrected chi connectivity index (χ0v) is 21.7. The van der Waals surface area contributed by atoms with Crippen LogP contribution in [0, 0.1) is 0 Å². The number of rotatable bonds is 5. The molecule has 5 heterocycles. The van der Waals surface area contributed by atoms with Crippen molar-refractivity contribution >= 4 is 60.9 Å². The Kier molecular flexibility index (Phi) is 6.28.